The number of hydrogen-bond acceptors (Lipinski definition) is 8. The third-order valence-corrected chi connectivity index (χ3v) is 5.50. The van der Waals surface area contributed by atoms with Crippen LogP contribution in [0.5, 0.6) is 0 Å². The van der Waals surface area contributed by atoms with Crippen molar-refractivity contribution in [2.75, 3.05) is 6.61 Å². The van der Waals surface area contributed by atoms with E-state index in [-0.39, 0.29) is 11.8 Å². The van der Waals surface area contributed by atoms with Gasteiger partial charge in [-0.2, -0.15) is 0 Å². The van der Waals surface area contributed by atoms with Gasteiger partial charge in [0.25, 0.3) is 0 Å². The molecule has 0 aromatic heterocycles. The zero-order valence-electron chi connectivity index (χ0n) is 13.8. The van der Waals surface area contributed by atoms with Gasteiger partial charge in [-0.3, -0.25) is 0 Å². The maximum absolute atomic E-state index is 10.6. The third-order valence-electron chi connectivity index (χ3n) is 5.50. The Morgan fingerprint density at radius 1 is 1.21 bits per heavy atom. The standard InChI is InChI=1S/C16H26O8/c1-7-6-22-14(10-8(7)3-4-16(10,2)21)24-15-13(20)12(19)11(18)9(5-17)23-15/h6,8-15,17-21H,3-5H2,1-2H3. The number of aliphatic hydroxyl groups is 5. The number of aliphatic hydroxyl groups excluding tert-OH is 4. The molecule has 0 amide bonds. The molecular weight excluding hydrogens is 320 g/mol. The minimum absolute atomic E-state index is 0.101. The summed E-state index contributed by atoms with van der Waals surface area (Å²) >= 11 is 0. The minimum Gasteiger partial charge on any atom is -0.472 e. The van der Waals surface area contributed by atoms with Gasteiger partial charge < -0.3 is 39.7 Å². The fourth-order valence-corrected chi connectivity index (χ4v) is 4.00. The topological polar surface area (TPSA) is 129 Å². The van der Waals surface area contributed by atoms with Crippen molar-refractivity contribution < 1.29 is 39.7 Å². The molecule has 8 heteroatoms. The molecule has 138 valence electrons. The van der Waals surface area contributed by atoms with Gasteiger partial charge in [-0.05, 0) is 38.2 Å². The summed E-state index contributed by atoms with van der Waals surface area (Å²) in [5.41, 5.74) is 0.0327. The lowest BCUT2D eigenvalue weighted by Crippen LogP contribution is -2.60. The largest absolute Gasteiger partial charge is 0.472 e. The van der Waals surface area contributed by atoms with E-state index >= 15 is 0 Å². The van der Waals surface area contributed by atoms with E-state index in [4.69, 9.17) is 14.2 Å². The van der Waals surface area contributed by atoms with Gasteiger partial charge >= 0.3 is 0 Å². The van der Waals surface area contributed by atoms with Crippen LogP contribution in [0.2, 0.25) is 0 Å². The van der Waals surface area contributed by atoms with Crippen LogP contribution in [0.3, 0.4) is 0 Å². The zero-order valence-corrected chi connectivity index (χ0v) is 13.8. The highest BCUT2D eigenvalue weighted by Crippen LogP contribution is 2.49. The van der Waals surface area contributed by atoms with Gasteiger partial charge in [0, 0.05) is 0 Å². The summed E-state index contributed by atoms with van der Waals surface area (Å²) in [5.74, 6) is -0.237. The van der Waals surface area contributed by atoms with Gasteiger partial charge in [-0.15, -0.1) is 0 Å². The Kier molecular flexibility index (Phi) is 4.91. The molecule has 5 N–H and O–H groups in total. The van der Waals surface area contributed by atoms with Crippen molar-refractivity contribution in [2.45, 2.75) is 69.3 Å². The Labute approximate surface area is 140 Å². The van der Waals surface area contributed by atoms with Crippen LogP contribution in [0.15, 0.2) is 11.8 Å². The van der Waals surface area contributed by atoms with Crippen LogP contribution in [0.1, 0.15) is 26.7 Å². The Hall–Kier alpha value is -0.740. The minimum atomic E-state index is -1.51. The van der Waals surface area contributed by atoms with Crippen LogP contribution in [-0.4, -0.2) is 74.7 Å². The van der Waals surface area contributed by atoms with E-state index in [1.807, 2.05) is 6.92 Å². The van der Waals surface area contributed by atoms with Crippen LogP contribution in [0.4, 0.5) is 0 Å². The maximum atomic E-state index is 10.6. The first-order valence-electron chi connectivity index (χ1n) is 8.26. The van der Waals surface area contributed by atoms with Crippen molar-refractivity contribution in [1.82, 2.24) is 0 Å². The van der Waals surface area contributed by atoms with Gasteiger partial charge in [-0.25, -0.2) is 0 Å². The normalized spacial score (nSPS) is 51.7. The molecule has 1 saturated carbocycles. The molecule has 0 spiro atoms. The van der Waals surface area contributed by atoms with Crippen LogP contribution >= 0.6 is 0 Å². The lowest BCUT2D eigenvalue weighted by Gasteiger charge is -2.44. The summed E-state index contributed by atoms with van der Waals surface area (Å²) in [5, 5.41) is 49.7. The summed E-state index contributed by atoms with van der Waals surface area (Å²) in [7, 11) is 0. The van der Waals surface area contributed by atoms with Crippen LogP contribution in [-0.2, 0) is 14.2 Å². The summed E-state index contributed by atoms with van der Waals surface area (Å²) < 4.78 is 16.7. The first-order chi connectivity index (χ1) is 11.3. The first-order valence-corrected chi connectivity index (χ1v) is 8.26. The smallest absolute Gasteiger partial charge is 0.207 e. The number of hydrogen-bond donors (Lipinski definition) is 5. The molecule has 3 rings (SSSR count). The Bertz CT molecular complexity index is 490. The van der Waals surface area contributed by atoms with Crippen molar-refractivity contribution >= 4 is 0 Å². The molecule has 0 aromatic carbocycles. The van der Waals surface area contributed by atoms with Crippen LogP contribution < -0.4 is 0 Å². The molecule has 8 nitrogen and oxygen atoms in total. The van der Waals surface area contributed by atoms with E-state index in [0.717, 1.165) is 12.0 Å². The molecule has 2 aliphatic heterocycles. The molecule has 0 radical (unpaired) electrons. The van der Waals surface area contributed by atoms with Gasteiger partial charge in [0.2, 0.25) is 6.29 Å². The Morgan fingerprint density at radius 2 is 1.92 bits per heavy atom. The van der Waals surface area contributed by atoms with Crippen molar-refractivity contribution in [2.24, 2.45) is 11.8 Å². The molecule has 0 aromatic rings. The van der Waals surface area contributed by atoms with Crippen molar-refractivity contribution in [3.63, 3.8) is 0 Å². The third kappa shape index (κ3) is 2.96. The SMILES string of the molecule is CC1=COC(OC2OC(CO)C(O)C(O)C2O)C2C1CCC2(C)O. The summed E-state index contributed by atoms with van der Waals surface area (Å²) in [6, 6.07) is 0. The molecule has 9 unspecified atom stereocenters. The second-order valence-corrected chi connectivity index (χ2v) is 7.23. The highest BCUT2D eigenvalue weighted by atomic mass is 16.8. The Morgan fingerprint density at radius 3 is 2.58 bits per heavy atom. The maximum Gasteiger partial charge on any atom is 0.207 e. The average molecular weight is 346 g/mol. The summed E-state index contributed by atoms with van der Waals surface area (Å²) in [6.07, 6.45) is -4.66. The lowest BCUT2D eigenvalue weighted by molar-refractivity contribution is -0.346. The quantitative estimate of drug-likeness (QED) is 0.433. The molecule has 1 saturated heterocycles. The molecule has 2 fully saturated rings. The molecular formula is C16H26O8. The van der Waals surface area contributed by atoms with Crippen LogP contribution in [0, 0.1) is 11.8 Å². The highest BCUT2D eigenvalue weighted by Gasteiger charge is 2.54. The fourth-order valence-electron chi connectivity index (χ4n) is 4.00. The predicted octanol–water partition coefficient (Wildman–Crippen LogP) is -1.16. The number of allylic oxidation sites excluding steroid dienone is 1. The van der Waals surface area contributed by atoms with Crippen LogP contribution in [0.25, 0.3) is 0 Å². The van der Waals surface area contributed by atoms with Gasteiger partial charge in [0.15, 0.2) is 6.29 Å². The van der Waals surface area contributed by atoms with Crippen molar-refractivity contribution in [1.29, 1.82) is 0 Å². The molecule has 24 heavy (non-hydrogen) atoms. The summed E-state index contributed by atoms with van der Waals surface area (Å²) in [4.78, 5) is 0. The molecule has 0 bridgehead atoms. The van der Waals surface area contributed by atoms with E-state index in [1.165, 1.54) is 0 Å². The van der Waals surface area contributed by atoms with E-state index in [9.17, 15) is 25.5 Å². The average Bonchev–Trinajstić information content (AvgIpc) is 2.87. The van der Waals surface area contributed by atoms with Crippen molar-refractivity contribution in [3.05, 3.63) is 11.8 Å². The zero-order chi connectivity index (χ0) is 17.6. The van der Waals surface area contributed by atoms with Crippen molar-refractivity contribution in [3.8, 4) is 0 Å². The lowest BCUT2D eigenvalue weighted by atomic mass is 9.82. The predicted molar refractivity (Wildman–Crippen MR) is 80.3 cm³/mol. The first kappa shape index (κ1) is 18.1. The second-order valence-electron chi connectivity index (χ2n) is 7.23. The second kappa shape index (κ2) is 6.53. The summed E-state index contributed by atoms with van der Waals surface area (Å²) in [6.45, 7) is 3.13. The van der Waals surface area contributed by atoms with Gasteiger partial charge in [0.05, 0.1) is 24.4 Å². The van der Waals surface area contributed by atoms with E-state index in [0.29, 0.717) is 6.42 Å². The van der Waals surface area contributed by atoms with Gasteiger partial charge in [-0.1, -0.05) is 0 Å². The fraction of sp³-hybridized carbons (Fsp3) is 0.875. The molecule has 9 atom stereocenters. The number of ether oxygens (including phenoxy) is 3. The van der Waals surface area contributed by atoms with E-state index < -0.39 is 49.2 Å². The number of fused-ring (bicyclic) bond motifs is 1. The van der Waals surface area contributed by atoms with E-state index in [2.05, 4.69) is 0 Å². The molecule has 2 heterocycles. The van der Waals surface area contributed by atoms with Gasteiger partial charge in [0.1, 0.15) is 24.4 Å². The molecule has 3 aliphatic rings. The molecule has 1 aliphatic carbocycles. The Balaban J connectivity index is 1.77. The highest BCUT2D eigenvalue weighted by molar-refractivity contribution is 5.13. The van der Waals surface area contributed by atoms with E-state index in [1.54, 1.807) is 13.2 Å². The number of rotatable bonds is 3. The monoisotopic (exact) mass is 346 g/mol.